The van der Waals surface area contributed by atoms with Crippen LogP contribution >= 0.6 is 0 Å². The molecular weight excluding hydrogens is 384 g/mol. The largest absolute Gasteiger partial charge is 0.336 e. The number of benzene rings is 2. The summed E-state index contributed by atoms with van der Waals surface area (Å²) in [6, 6.07) is 12.2. The third-order valence-corrected chi connectivity index (χ3v) is 4.99. The van der Waals surface area contributed by atoms with Crippen molar-refractivity contribution in [3.63, 3.8) is 0 Å². The second-order valence-electron chi connectivity index (χ2n) is 7.26. The lowest BCUT2D eigenvalue weighted by Crippen LogP contribution is -2.37. The van der Waals surface area contributed by atoms with Crippen molar-refractivity contribution in [2.75, 3.05) is 18.9 Å². The number of rotatable bonds is 6. The fourth-order valence-corrected chi connectivity index (χ4v) is 3.30. The molecule has 0 saturated carbocycles. The summed E-state index contributed by atoms with van der Waals surface area (Å²) < 4.78 is 1.13. The topological polar surface area (TPSA) is 104 Å². The summed E-state index contributed by atoms with van der Waals surface area (Å²) in [5, 5.41) is 5.95. The monoisotopic (exact) mass is 408 g/mol. The summed E-state index contributed by atoms with van der Waals surface area (Å²) in [7, 11) is 1.53. The van der Waals surface area contributed by atoms with Gasteiger partial charge in [-0.2, -0.15) is 0 Å². The Bertz CT molecular complexity index is 1210. The normalized spacial score (nSPS) is 10.8. The Hall–Kier alpha value is -3.68. The van der Waals surface area contributed by atoms with Gasteiger partial charge in [-0.1, -0.05) is 30.3 Å². The van der Waals surface area contributed by atoms with E-state index in [9.17, 15) is 19.2 Å². The molecule has 0 atom stereocenters. The van der Waals surface area contributed by atoms with Crippen LogP contribution in [0.3, 0.4) is 0 Å². The molecule has 0 fully saturated rings. The summed E-state index contributed by atoms with van der Waals surface area (Å²) in [5.74, 6) is -0.618. The lowest BCUT2D eigenvalue weighted by atomic mass is 10.1. The minimum absolute atomic E-state index is 0.0145. The molecule has 156 valence electrons. The van der Waals surface area contributed by atoms with Crippen molar-refractivity contribution >= 4 is 28.3 Å². The van der Waals surface area contributed by atoms with E-state index < -0.39 is 0 Å². The van der Waals surface area contributed by atoms with Crippen LogP contribution in [0.1, 0.15) is 17.5 Å². The Morgan fingerprint density at radius 2 is 1.63 bits per heavy atom. The minimum Gasteiger partial charge on any atom is -0.336 e. The van der Waals surface area contributed by atoms with Crippen molar-refractivity contribution in [3.8, 4) is 0 Å². The standard InChI is InChI=1S/C22H24N4O4/c1-14-7-6-8-15(2)20(14)23-18(27)13-25(3)19(28)11-12-26-22(30)17-10-5-4-9-16(17)21(29)24-26/h4-10H,11-13H2,1-3H3,(H,23,27)(H,24,29). The quantitative estimate of drug-likeness (QED) is 0.649. The maximum absolute atomic E-state index is 12.5. The minimum atomic E-state index is -0.390. The average molecular weight is 408 g/mol. The molecule has 30 heavy (non-hydrogen) atoms. The second kappa shape index (κ2) is 8.77. The molecule has 0 bridgehead atoms. The molecule has 3 rings (SSSR count). The maximum atomic E-state index is 12.5. The van der Waals surface area contributed by atoms with Crippen LogP contribution in [-0.2, 0) is 16.1 Å². The molecule has 2 aromatic carbocycles. The summed E-state index contributed by atoms with van der Waals surface area (Å²) in [5.41, 5.74) is 1.87. The van der Waals surface area contributed by atoms with E-state index in [2.05, 4.69) is 10.4 Å². The number of nitrogens with zero attached hydrogens (tertiary/aromatic N) is 2. The van der Waals surface area contributed by atoms with Gasteiger partial charge in [0.2, 0.25) is 11.8 Å². The number of aryl methyl sites for hydroxylation is 3. The van der Waals surface area contributed by atoms with Crippen molar-refractivity contribution in [2.24, 2.45) is 0 Å². The van der Waals surface area contributed by atoms with Crippen molar-refractivity contribution in [3.05, 3.63) is 74.3 Å². The number of aromatic amines is 1. The van der Waals surface area contributed by atoms with E-state index in [0.717, 1.165) is 21.5 Å². The van der Waals surface area contributed by atoms with Crippen LogP contribution in [-0.4, -0.2) is 40.1 Å². The van der Waals surface area contributed by atoms with Crippen LogP contribution in [0.25, 0.3) is 10.8 Å². The maximum Gasteiger partial charge on any atom is 0.273 e. The number of hydrogen-bond acceptors (Lipinski definition) is 4. The van der Waals surface area contributed by atoms with Crippen LogP contribution in [0.5, 0.6) is 0 Å². The first-order valence-corrected chi connectivity index (χ1v) is 9.60. The Kier molecular flexibility index (Phi) is 6.15. The van der Waals surface area contributed by atoms with Gasteiger partial charge in [-0.05, 0) is 37.1 Å². The third-order valence-electron chi connectivity index (χ3n) is 4.99. The molecule has 3 aromatic rings. The molecule has 0 aliphatic rings. The SMILES string of the molecule is Cc1cccc(C)c1NC(=O)CN(C)C(=O)CCn1[nH]c(=O)c2ccccc2c1=O. The second-order valence-corrected chi connectivity index (χ2v) is 7.26. The zero-order valence-corrected chi connectivity index (χ0v) is 17.2. The highest BCUT2D eigenvalue weighted by Gasteiger charge is 2.15. The number of fused-ring (bicyclic) bond motifs is 1. The number of nitrogens with one attached hydrogen (secondary N) is 2. The summed E-state index contributed by atoms with van der Waals surface area (Å²) in [4.78, 5) is 50.7. The van der Waals surface area contributed by atoms with E-state index in [1.165, 1.54) is 11.9 Å². The first-order chi connectivity index (χ1) is 14.3. The predicted molar refractivity (Wildman–Crippen MR) is 116 cm³/mol. The Morgan fingerprint density at radius 1 is 1.00 bits per heavy atom. The molecule has 8 nitrogen and oxygen atoms in total. The van der Waals surface area contributed by atoms with Gasteiger partial charge in [0.05, 0.1) is 23.9 Å². The van der Waals surface area contributed by atoms with Crippen LogP contribution in [0.15, 0.2) is 52.1 Å². The third kappa shape index (κ3) is 4.48. The van der Waals surface area contributed by atoms with Gasteiger partial charge >= 0.3 is 0 Å². The molecule has 2 N–H and O–H groups in total. The van der Waals surface area contributed by atoms with Crippen molar-refractivity contribution < 1.29 is 9.59 Å². The molecule has 1 aromatic heterocycles. The highest BCUT2D eigenvalue weighted by Crippen LogP contribution is 2.19. The Labute approximate surface area is 173 Å². The molecule has 1 heterocycles. The zero-order chi connectivity index (χ0) is 21.8. The van der Waals surface area contributed by atoms with E-state index in [4.69, 9.17) is 0 Å². The Morgan fingerprint density at radius 3 is 2.30 bits per heavy atom. The van der Waals surface area contributed by atoms with E-state index in [1.807, 2.05) is 32.0 Å². The molecule has 0 radical (unpaired) electrons. The first-order valence-electron chi connectivity index (χ1n) is 9.60. The van der Waals surface area contributed by atoms with Crippen LogP contribution in [0.4, 0.5) is 5.69 Å². The van der Waals surface area contributed by atoms with Gasteiger partial charge in [-0.25, -0.2) is 4.68 Å². The number of carbonyl (C=O) groups excluding carboxylic acids is 2. The van der Waals surface area contributed by atoms with Crippen LogP contribution in [0, 0.1) is 13.8 Å². The number of H-pyrrole nitrogens is 1. The number of likely N-dealkylation sites (N-methyl/N-ethyl adjacent to an activating group) is 1. The highest BCUT2D eigenvalue weighted by molar-refractivity contribution is 5.95. The first kappa shape index (κ1) is 21.0. The van der Waals surface area contributed by atoms with Crippen LogP contribution in [0.2, 0.25) is 0 Å². The van der Waals surface area contributed by atoms with E-state index in [0.29, 0.717) is 10.8 Å². The number of amides is 2. The van der Waals surface area contributed by atoms with Crippen molar-refractivity contribution in [2.45, 2.75) is 26.8 Å². The zero-order valence-electron chi connectivity index (χ0n) is 17.2. The molecule has 0 unspecified atom stereocenters. The summed E-state index contributed by atoms with van der Waals surface area (Å²) in [6.45, 7) is 3.70. The van der Waals surface area contributed by atoms with Gasteiger partial charge < -0.3 is 10.2 Å². The fourth-order valence-electron chi connectivity index (χ4n) is 3.30. The average Bonchev–Trinajstić information content (AvgIpc) is 2.72. The van der Waals surface area contributed by atoms with E-state index in [-0.39, 0.29) is 42.4 Å². The molecule has 0 saturated heterocycles. The number of aromatic nitrogens is 2. The van der Waals surface area contributed by atoms with Gasteiger partial charge in [0.15, 0.2) is 0 Å². The molecule has 0 aliphatic heterocycles. The van der Waals surface area contributed by atoms with Gasteiger partial charge in [0.1, 0.15) is 0 Å². The number of hydrogen-bond donors (Lipinski definition) is 2. The smallest absolute Gasteiger partial charge is 0.273 e. The number of anilines is 1. The van der Waals surface area contributed by atoms with Gasteiger partial charge in [0, 0.05) is 19.2 Å². The highest BCUT2D eigenvalue weighted by atomic mass is 16.2. The number of carbonyl (C=O) groups is 2. The summed E-state index contributed by atoms with van der Waals surface area (Å²) >= 11 is 0. The molecule has 8 heteroatoms. The molecule has 0 spiro atoms. The Balaban J connectivity index is 1.63. The van der Waals surface area contributed by atoms with E-state index in [1.54, 1.807) is 24.3 Å². The van der Waals surface area contributed by atoms with E-state index >= 15 is 0 Å². The summed E-state index contributed by atoms with van der Waals surface area (Å²) in [6.07, 6.45) is -0.0264. The lowest BCUT2D eigenvalue weighted by Gasteiger charge is -2.18. The van der Waals surface area contributed by atoms with Crippen molar-refractivity contribution in [1.82, 2.24) is 14.7 Å². The van der Waals surface area contributed by atoms with Crippen molar-refractivity contribution in [1.29, 1.82) is 0 Å². The lowest BCUT2D eigenvalue weighted by molar-refractivity contribution is -0.133. The van der Waals surface area contributed by atoms with Gasteiger partial charge in [-0.3, -0.25) is 24.3 Å². The molecule has 0 aliphatic carbocycles. The van der Waals surface area contributed by atoms with Gasteiger partial charge in [-0.15, -0.1) is 0 Å². The fraction of sp³-hybridized carbons (Fsp3) is 0.273. The number of para-hydroxylation sites is 1. The van der Waals surface area contributed by atoms with Gasteiger partial charge in [0.25, 0.3) is 11.1 Å². The molecular formula is C22H24N4O4. The molecule has 2 amide bonds. The van der Waals surface area contributed by atoms with Crippen LogP contribution < -0.4 is 16.4 Å². The predicted octanol–water partition coefficient (Wildman–Crippen LogP) is 1.79.